The smallest absolute Gasteiger partial charge is 0.262 e. The SMILES string of the molecule is COCC(=O)N[C@@H](C(=O)N1NCCC[C@H]1C(=O)N[C@@H](Cc1ccccc1)[C@@H](O)[C@H](C)C(=O)NC1CCN(C(C)=O)C1=O)[C@H](O)C(C)C. The molecule has 2 aliphatic rings. The monoisotopic (exact) mass is 660 g/mol. The molecule has 0 spiro atoms. The minimum atomic E-state index is -1.41. The second-order valence-corrected chi connectivity index (χ2v) is 12.4. The molecule has 15 nitrogen and oxygen atoms in total. The lowest BCUT2D eigenvalue weighted by molar-refractivity contribution is -0.153. The van der Waals surface area contributed by atoms with Gasteiger partial charge >= 0.3 is 0 Å². The Morgan fingerprint density at radius 2 is 1.70 bits per heavy atom. The van der Waals surface area contributed by atoms with E-state index in [0.29, 0.717) is 13.0 Å². The summed E-state index contributed by atoms with van der Waals surface area (Å²) in [5, 5.41) is 31.4. The summed E-state index contributed by atoms with van der Waals surface area (Å²) in [5.74, 6) is -4.99. The van der Waals surface area contributed by atoms with E-state index < -0.39 is 83.7 Å². The van der Waals surface area contributed by atoms with Gasteiger partial charge < -0.3 is 30.9 Å². The Morgan fingerprint density at radius 3 is 2.30 bits per heavy atom. The summed E-state index contributed by atoms with van der Waals surface area (Å²) < 4.78 is 4.85. The van der Waals surface area contributed by atoms with Crippen molar-refractivity contribution in [1.29, 1.82) is 0 Å². The molecule has 2 saturated heterocycles. The molecule has 0 aliphatic carbocycles. The van der Waals surface area contributed by atoms with E-state index in [2.05, 4.69) is 21.4 Å². The number of hydrogen-bond acceptors (Lipinski definition) is 10. The normalized spacial score (nSPS) is 21.4. The van der Waals surface area contributed by atoms with Gasteiger partial charge in [0.25, 0.3) is 11.8 Å². The zero-order chi connectivity index (χ0) is 34.8. The molecule has 3 rings (SSSR count). The highest BCUT2D eigenvalue weighted by Crippen LogP contribution is 2.20. The molecular formula is C32H48N6O9. The highest BCUT2D eigenvalue weighted by molar-refractivity contribution is 6.00. The highest BCUT2D eigenvalue weighted by atomic mass is 16.5. The van der Waals surface area contributed by atoms with Gasteiger partial charge in [-0.3, -0.25) is 38.7 Å². The van der Waals surface area contributed by atoms with E-state index >= 15 is 0 Å². The zero-order valence-electron chi connectivity index (χ0n) is 27.6. The third-order valence-corrected chi connectivity index (χ3v) is 8.54. The average molecular weight is 661 g/mol. The summed E-state index contributed by atoms with van der Waals surface area (Å²) >= 11 is 0. The quantitative estimate of drug-likeness (QED) is 0.138. The van der Waals surface area contributed by atoms with Gasteiger partial charge in [0.1, 0.15) is 24.7 Å². The maximum atomic E-state index is 13.9. The molecule has 1 unspecified atom stereocenters. The van der Waals surface area contributed by atoms with Crippen molar-refractivity contribution in [2.45, 2.75) is 89.8 Å². The number of carbonyl (C=O) groups excluding carboxylic acids is 6. The molecule has 1 aromatic rings. The van der Waals surface area contributed by atoms with Crippen LogP contribution < -0.4 is 21.4 Å². The maximum Gasteiger partial charge on any atom is 0.262 e. The van der Waals surface area contributed by atoms with Crippen molar-refractivity contribution in [3.8, 4) is 0 Å². The van der Waals surface area contributed by atoms with Crippen LogP contribution in [0.1, 0.15) is 52.5 Å². The number of ether oxygens (including phenoxy) is 1. The molecule has 6 N–H and O–H groups in total. The molecule has 2 aliphatic heterocycles. The number of aliphatic hydroxyl groups is 2. The van der Waals surface area contributed by atoms with Gasteiger partial charge in [-0.05, 0) is 37.2 Å². The third kappa shape index (κ3) is 9.79. The summed E-state index contributed by atoms with van der Waals surface area (Å²) in [6.45, 7) is 6.34. The van der Waals surface area contributed by atoms with Gasteiger partial charge in [0, 0.05) is 27.1 Å². The van der Waals surface area contributed by atoms with Gasteiger partial charge in [-0.15, -0.1) is 0 Å². The first-order chi connectivity index (χ1) is 22.3. The fraction of sp³-hybridized carbons (Fsp3) is 0.625. The van der Waals surface area contributed by atoms with E-state index in [1.54, 1.807) is 26.0 Å². The summed E-state index contributed by atoms with van der Waals surface area (Å²) in [6, 6.07) is 4.69. The first kappa shape index (κ1) is 37.5. The second kappa shape index (κ2) is 17.3. The van der Waals surface area contributed by atoms with E-state index in [1.165, 1.54) is 21.0 Å². The van der Waals surface area contributed by atoms with Crippen LogP contribution in [-0.2, 0) is 39.9 Å². The highest BCUT2D eigenvalue weighted by Gasteiger charge is 2.42. The Labute approximate surface area is 274 Å². The largest absolute Gasteiger partial charge is 0.390 e. The lowest BCUT2D eigenvalue weighted by Crippen LogP contribution is -2.66. The number of hydrazine groups is 1. The molecule has 2 fully saturated rings. The van der Waals surface area contributed by atoms with Crippen LogP contribution in [0.5, 0.6) is 0 Å². The predicted molar refractivity (Wildman–Crippen MR) is 169 cm³/mol. The Bertz CT molecular complexity index is 1280. The number of amides is 6. The van der Waals surface area contributed by atoms with E-state index in [1.807, 2.05) is 18.2 Å². The molecule has 2 heterocycles. The lowest BCUT2D eigenvalue weighted by atomic mass is 9.91. The topological polar surface area (TPSA) is 207 Å². The number of aliphatic hydroxyl groups excluding tert-OH is 2. The summed E-state index contributed by atoms with van der Waals surface area (Å²) in [4.78, 5) is 78.5. The molecule has 47 heavy (non-hydrogen) atoms. The molecule has 0 radical (unpaired) electrons. The zero-order valence-corrected chi connectivity index (χ0v) is 27.6. The predicted octanol–water partition coefficient (Wildman–Crippen LogP) is -1.38. The third-order valence-electron chi connectivity index (χ3n) is 8.54. The maximum absolute atomic E-state index is 13.9. The van der Waals surface area contributed by atoms with Gasteiger partial charge in [0.2, 0.25) is 23.6 Å². The molecule has 0 aromatic heterocycles. The van der Waals surface area contributed by atoms with E-state index in [-0.39, 0.29) is 32.4 Å². The van der Waals surface area contributed by atoms with Crippen LogP contribution in [0.4, 0.5) is 0 Å². The number of methoxy groups -OCH3 is 1. The van der Waals surface area contributed by atoms with Crippen LogP contribution >= 0.6 is 0 Å². The standard InChI is InChI=1S/C32H48N6O9/c1-18(2)27(41)26(36-25(40)17-47-5)32(46)38-24(12-9-14-33-38)30(44)35-23(16-21-10-7-6-8-11-21)28(42)19(3)29(43)34-22-13-15-37(20(4)39)31(22)45/h6-8,10-11,18-19,22-24,26-28,33,41-42H,9,12-17H2,1-5H3,(H,34,43)(H,35,44)(H,36,40)/t19-,22?,23-,24-,26+,27+,28-/m0/s1. The van der Waals surface area contributed by atoms with Crippen LogP contribution in [0.15, 0.2) is 30.3 Å². The Morgan fingerprint density at radius 1 is 1.02 bits per heavy atom. The fourth-order valence-corrected chi connectivity index (χ4v) is 5.73. The Kier molecular flexibility index (Phi) is 13.8. The lowest BCUT2D eigenvalue weighted by Gasteiger charge is -2.39. The first-order valence-corrected chi connectivity index (χ1v) is 15.9. The average Bonchev–Trinajstić information content (AvgIpc) is 3.41. The molecule has 1 aromatic carbocycles. The van der Waals surface area contributed by atoms with E-state index in [0.717, 1.165) is 15.5 Å². The van der Waals surface area contributed by atoms with Crippen molar-refractivity contribution >= 4 is 35.4 Å². The minimum Gasteiger partial charge on any atom is -0.390 e. The van der Waals surface area contributed by atoms with Crippen LogP contribution in [0.25, 0.3) is 0 Å². The van der Waals surface area contributed by atoms with Crippen LogP contribution in [0.2, 0.25) is 0 Å². The van der Waals surface area contributed by atoms with Crippen LogP contribution in [-0.4, -0.2) is 119 Å². The van der Waals surface area contributed by atoms with Gasteiger partial charge in [-0.25, -0.2) is 5.43 Å². The van der Waals surface area contributed by atoms with Crippen molar-refractivity contribution in [2.24, 2.45) is 11.8 Å². The van der Waals surface area contributed by atoms with Gasteiger partial charge in [-0.2, -0.15) is 0 Å². The summed E-state index contributed by atoms with van der Waals surface area (Å²) in [6.07, 6.45) is -1.51. The molecule has 7 atom stereocenters. The van der Waals surface area contributed by atoms with Crippen molar-refractivity contribution in [3.63, 3.8) is 0 Å². The van der Waals surface area contributed by atoms with Crippen molar-refractivity contribution in [3.05, 3.63) is 35.9 Å². The van der Waals surface area contributed by atoms with Crippen molar-refractivity contribution in [1.82, 2.24) is 31.3 Å². The van der Waals surface area contributed by atoms with Crippen LogP contribution in [0, 0.1) is 11.8 Å². The van der Waals surface area contributed by atoms with E-state index in [4.69, 9.17) is 4.74 Å². The number of benzene rings is 1. The Balaban J connectivity index is 1.81. The second-order valence-electron chi connectivity index (χ2n) is 12.4. The Hall–Kier alpha value is -3.92. The van der Waals surface area contributed by atoms with Gasteiger partial charge in [0.15, 0.2) is 0 Å². The molecule has 260 valence electrons. The van der Waals surface area contributed by atoms with Crippen LogP contribution in [0.3, 0.4) is 0 Å². The van der Waals surface area contributed by atoms with Crippen molar-refractivity contribution in [2.75, 3.05) is 26.8 Å². The fourth-order valence-electron chi connectivity index (χ4n) is 5.73. The number of hydrogen-bond donors (Lipinski definition) is 6. The number of nitrogens with one attached hydrogen (secondary N) is 4. The minimum absolute atomic E-state index is 0.141. The molecule has 15 heteroatoms. The molecular weight excluding hydrogens is 612 g/mol. The summed E-state index contributed by atoms with van der Waals surface area (Å²) in [7, 11) is 1.32. The van der Waals surface area contributed by atoms with Gasteiger partial charge in [0.05, 0.1) is 24.2 Å². The first-order valence-electron chi connectivity index (χ1n) is 15.9. The van der Waals surface area contributed by atoms with E-state index in [9.17, 15) is 39.0 Å². The van der Waals surface area contributed by atoms with Crippen molar-refractivity contribution < 1.29 is 43.7 Å². The number of rotatable bonds is 14. The summed E-state index contributed by atoms with van der Waals surface area (Å²) in [5.41, 5.74) is 3.69. The molecule has 0 bridgehead atoms. The number of nitrogens with zero attached hydrogens (tertiary/aromatic N) is 2. The number of carbonyl (C=O) groups is 6. The molecule has 0 saturated carbocycles. The van der Waals surface area contributed by atoms with Gasteiger partial charge in [-0.1, -0.05) is 51.1 Å². The number of imide groups is 1. The molecule has 6 amide bonds. The number of likely N-dealkylation sites (tertiary alicyclic amines) is 1.